The van der Waals surface area contributed by atoms with E-state index < -0.39 is 16.3 Å². The third-order valence-corrected chi connectivity index (χ3v) is 4.55. The lowest BCUT2D eigenvalue weighted by Crippen LogP contribution is -2.50. The van der Waals surface area contributed by atoms with Gasteiger partial charge in [-0.1, -0.05) is 0 Å². The average Bonchev–Trinajstić information content (AvgIpc) is 2.77. The SMILES string of the molecule is CCOC(=O)NS(=O)(=O)N(CC1CCCN1)C(C)C. The van der Waals surface area contributed by atoms with Gasteiger partial charge < -0.3 is 10.1 Å². The minimum Gasteiger partial charge on any atom is -0.449 e. The van der Waals surface area contributed by atoms with Crippen molar-refractivity contribution in [2.75, 3.05) is 19.7 Å². The summed E-state index contributed by atoms with van der Waals surface area (Å²) in [5.74, 6) is 0. The molecule has 112 valence electrons. The molecule has 2 N–H and O–H groups in total. The minimum absolute atomic E-state index is 0.132. The van der Waals surface area contributed by atoms with Gasteiger partial charge in [0.15, 0.2) is 0 Å². The number of ether oxygens (including phenoxy) is 1. The number of hydrogen-bond donors (Lipinski definition) is 2. The summed E-state index contributed by atoms with van der Waals surface area (Å²) in [6.45, 7) is 6.56. The molecular formula is C11H23N3O4S. The summed E-state index contributed by atoms with van der Waals surface area (Å²) in [6, 6.07) is -0.0875. The first-order chi connectivity index (χ1) is 8.86. The Morgan fingerprint density at radius 2 is 2.21 bits per heavy atom. The van der Waals surface area contributed by atoms with Gasteiger partial charge in [0, 0.05) is 18.6 Å². The highest BCUT2D eigenvalue weighted by molar-refractivity contribution is 7.87. The summed E-state index contributed by atoms with van der Waals surface area (Å²) in [7, 11) is -3.86. The Hall–Kier alpha value is -0.860. The summed E-state index contributed by atoms with van der Waals surface area (Å²) in [6.07, 6.45) is 1.05. The van der Waals surface area contributed by atoms with E-state index in [0.29, 0.717) is 6.54 Å². The van der Waals surface area contributed by atoms with E-state index in [-0.39, 0.29) is 18.7 Å². The zero-order valence-electron chi connectivity index (χ0n) is 11.7. The summed E-state index contributed by atoms with van der Waals surface area (Å²) >= 11 is 0. The first kappa shape index (κ1) is 16.2. The smallest absolute Gasteiger partial charge is 0.421 e. The normalized spacial score (nSPS) is 19.9. The second-order valence-electron chi connectivity index (χ2n) is 4.78. The Balaban J connectivity index is 2.70. The fraction of sp³-hybridized carbons (Fsp3) is 0.909. The van der Waals surface area contributed by atoms with Crippen LogP contribution in [0.2, 0.25) is 0 Å². The monoisotopic (exact) mass is 293 g/mol. The highest BCUT2D eigenvalue weighted by Gasteiger charge is 2.30. The molecule has 0 aromatic heterocycles. The molecule has 0 aromatic rings. The van der Waals surface area contributed by atoms with Crippen LogP contribution in [0, 0.1) is 0 Å². The maximum atomic E-state index is 12.1. The molecule has 0 aromatic carbocycles. The van der Waals surface area contributed by atoms with Crippen molar-refractivity contribution in [1.82, 2.24) is 14.3 Å². The van der Waals surface area contributed by atoms with Crippen LogP contribution in [-0.4, -0.2) is 50.6 Å². The van der Waals surface area contributed by atoms with Crippen LogP contribution in [0.25, 0.3) is 0 Å². The molecule has 1 atom stereocenters. The predicted octanol–water partition coefficient (Wildman–Crippen LogP) is 0.440. The fourth-order valence-corrected chi connectivity index (χ4v) is 3.36. The lowest BCUT2D eigenvalue weighted by molar-refractivity contribution is 0.157. The van der Waals surface area contributed by atoms with E-state index in [1.807, 2.05) is 4.72 Å². The Morgan fingerprint density at radius 3 is 2.68 bits per heavy atom. The molecule has 1 saturated heterocycles. The van der Waals surface area contributed by atoms with E-state index in [0.717, 1.165) is 19.4 Å². The van der Waals surface area contributed by atoms with Crippen LogP contribution in [0.4, 0.5) is 4.79 Å². The van der Waals surface area contributed by atoms with E-state index in [9.17, 15) is 13.2 Å². The Morgan fingerprint density at radius 1 is 1.53 bits per heavy atom. The van der Waals surface area contributed by atoms with E-state index in [1.165, 1.54) is 4.31 Å². The van der Waals surface area contributed by atoms with Crippen molar-refractivity contribution in [3.63, 3.8) is 0 Å². The van der Waals surface area contributed by atoms with Crippen LogP contribution in [0.15, 0.2) is 0 Å². The summed E-state index contributed by atoms with van der Waals surface area (Å²) in [5, 5.41) is 3.24. The third kappa shape index (κ3) is 4.96. The zero-order chi connectivity index (χ0) is 14.5. The van der Waals surface area contributed by atoms with Crippen LogP contribution in [0.3, 0.4) is 0 Å². The lowest BCUT2D eigenvalue weighted by atomic mass is 10.2. The number of hydrogen-bond acceptors (Lipinski definition) is 5. The number of carbonyl (C=O) groups excluding carboxylic acids is 1. The molecule has 0 bridgehead atoms. The Bertz CT molecular complexity index is 391. The zero-order valence-corrected chi connectivity index (χ0v) is 12.5. The fourth-order valence-electron chi connectivity index (χ4n) is 2.04. The Labute approximate surface area is 114 Å². The number of carbonyl (C=O) groups is 1. The van der Waals surface area contributed by atoms with Gasteiger partial charge in [0.25, 0.3) is 0 Å². The number of amides is 1. The number of rotatable bonds is 6. The molecule has 0 radical (unpaired) electrons. The molecule has 8 heteroatoms. The van der Waals surface area contributed by atoms with Gasteiger partial charge in [0.2, 0.25) is 0 Å². The van der Waals surface area contributed by atoms with E-state index in [1.54, 1.807) is 20.8 Å². The largest absolute Gasteiger partial charge is 0.449 e. The minimum atomic E-state index is -3.86. The molecule has 0 aliphatic carbocycles. The van der Waals surface area contributed by atoms with Gasteiger partial charge in [0.05, 0.1) is 6.61 Å². The first-order valence-electron chi connectivity index (χ1n) is 6.56. The lowest BCUT2D eigenvalue weighted by Gasteiger charge is -2.28. The first-order valence-corrected chi connectivity index (χ1v) is 8.00. The van der Waals surface area contributed by atoms with Crippen LogP contribution >= 0.6 is 0 Å². The van der Waals surface area contributed by atoms with Crippen molar-refractivity contribution in [3.05, 3.63) is 0 Å². The van der Waals surface area contributed by atoms with Gasteiger partial charge in [-0.2, -0.15) is 12.7 Å². The van der Waals surface area contributed by atoms with E-state index >= 15 is 0 Å². The summed E-state index contributed by atoms with van der Waals surface area (Å²) in [5.41, 5.74) is 0. The van der Waals surface area contributed by atoms with Crippen molar-refractivity contribution in [2.45, 2.75) is 45.7 Å². The standard InChI is InChI=1S/C11H23N3O4S/c1-4-18-11(15)13-19(16,17)14(9(2)3)8-10-6-5-7-12-10/h9-10,12H,4-8H2,1-3H3,(H,13,15). The molecule has 0 saturated carbocycles. The highest BCUT2D eigenvalue weighted by atomic mass is 32.2. The molecule has 1 aliphatic heterocycles. The van der Waals surface area contributed by atoms with Crippen molar-refractivity contribution in [1.29, 1.82) is 0 Å². The second-order valence-corrected chi connectivity index (χ2v) is 6.41. The van der Waals surface area contributed by atoms with Crippen molar-refractivity contribution in [3.8, 4) is 0 Å². The van der Waals surface area contributed by atoms with E-state index in [2.05, 4.69) is 10.1 Å². The summed E-state index contributed by atoms with van der Waals surface area (Å²) < 4.78 is 32.1. The predicted molar refractivity (Wildman–Crippen MR) is 71.9 cm³/mol. The van der Waals surface area contributed by atoms with Gasteiger partial charge in [-0.25, -0.2) is 9.52 Å². The average molecular weight is 293 g/mol. The van der Waals surface area contributed by atoms with Gasteiger partial charge >= 0.3 is 16.3 Å². The molecule has 1 fully saturated rings. The van der Waals surface area contributed by atoms with Crippen molar-refractivity contribution >= 4 is 16.3 Å². The molecule has 1 aliphatic rings. The highest BCUT2D eigenvalue weighted by Crippen LogP contribution is 2.12. The van der Waals surface area contributed by atoms with Crippen LogP contribution in [-0.2, 0) is 14.9 Å². The summed E-state index contributed by atoms with van der Waals surface area (Å²) in [4.78, 5) is 11.3. The second kappa shape index (κ2) is 7.06. The number of nitrogens with one attached hydrogen (secondary N) is 2. The Kier molecular flexibility index (Phi) is 6.02. The topological polar surface area (TPSA) is 87.7 Å². The van der Waals surface area contributed by atoms with E-state index in [4.69, 9.17) is 0 Å². The van der Waals surface area contributed by atoms with Gasteiger partial charge in [-0.3, -0.25) is 0 Å². The molecule has 1 unspecified atom stereocenters. The maximum absolute atomic E-state index is 12.1. The molecule has 1 rings (SSSR count). The molecule has 7 nitrogen and oxygen atoms in total. The molecule has 19 heavy (non-hydrogen) atoms. The maximum Gasteiger partial charge on any atom is 0.421 e. The van der Waals surface area contributed by atoms with Gasteiger partial charge in [-0.15, -0.1) is 0 Å². The van der Waals surface area contributed by atoms with Crippen molar-refractivity contribution < 1.29 is 17.9 Å². The van der Waals surface area contributed by atoms with Crippen molar-refractivity contribution in [2.24, 2.45) is 0 Å². The van der Waals surface area contributed by atoms with Crippen LogP contribution in [0.5, 0.6) is 0 Å². The van der Waals surface area contributed by atoms with Crippen LogP contribution < -0.4 is 10.0 Å². The molecule has 0 spiro atoms. The molecular weight excluding hydrogens is 270 g/mol. The van der Waals surface area contributed by atoms with Gasteiger partial charge in [0.1, 0.15) is 0 Å². The third-order valence-electron chi connectivity index (χ3n) is 2.94. The molecule has 1 amide bonds. The number of nitrogens with zero attached hydrogens (tertiary/aromatic N) is 1. The van der Waals surface area contributed by atoms with Crippen LogP contribution in [0.1, 0.15) is 33.6 Å². The molecule has 1 heterocycles. The quantitative estimate of drug-likeness (QED) is 0.742. The van der Waals surface area contributed by atoms with Gasteiger partial charge in [-0.05, 0) is 40.2 Å².